The van der Waals surface area contributed by atoms with E-state index in [0.29, 0.717) is 36.9 Å². The second-order valence-electron chi connectivity index (χ2n) is 6.43. The third-order valence-corrected chi connectivity index (χ3v) is 4.12. The van der Waals surface area contributed by atoms with E-state index in [4.69, 9.17) is 9.47 Å². The molecule has 0 spiro atoms. The first-order valence-electron chi connectivity index (χ1n) is 9.52. The molecular formula is C22H24FN3O3. The van der Waals surface area contributed by atoms with Gasteiger partial charge in [0.2, 0.25) is 5.91 Å². The van der Waals surface area contributed by atoms with E-state index in [2.05, 4.69) is 10.4 Å². The first kappa shape index (κ1) is 20.4. The number of amides is 1. The third kappa shape index (κ3) is 5.81. The van der Waals surface area contributed by atoms with Crippen LogP contribution < -0.4 is 14.8 Å². The van der Waals surface area contributed by atoms with Crippen LogP contribution >= 0.6 is 0 Å². The van der Waals surface area contributed by atoms with Crippen molar-refractivity contribution < 1.29 is 18.7 Å². The van der Waals surface area contributed by atoms with E-state index in [-0.39, 0.29) is 18.1 Å². The van der Waals surface area contributed by atoms with E-state index < -0.39 is 0 Å². The minimum atomic E-state index is -0.287. The summed E-state index contributed by atoms with van der Waals surface area (Å²) in [4.78, 5) is 12.4. The number of hydrogen-bond donors (Lipinski definition) is 1. The van der Waals surface area contributed by atoms with Crippen molar-refractivity contribution in [2.45, 2.75) is 26.8 Å². The number of carbonyl (C=O) groups is 1. The molecule has 6 nitrogen and oxygen atoms in total. The van der Waals surface area contributed by atoms with Gasteiger partial charge in [-0.1, -0.05) is 18.2 Å². The van der Waals surface area contributed by atoms with Gasteiger partial charge in [-0.05, 0) is 49.2 Å². The second kappa shape index (κ2) is 9.73. The van der Waals surface area contributed by atoms with Gasteiger partial charge in [-0.3, -0.25) is 9.48 Å². The Bertz CT molecular complexity index is 971. The van der Waals surface area contributed by atoms with E-state index >= 15 is 0 Å². The molecule has 0 aliphatic rings. The summed E-state index contributed by atoms with van der Waals surface area (Å²) in [5.41, 5.74) is 2.20. The number of nitrogens with one attached hydrogen (secondary N) is 1. The highest BCUT2D eigenvalue weighted by Crippen LogP contribution is 2.28. The SMILES string of the molecule is CCOc1ccc(CC(=O)Nc2cnn(Cc3cccc(F)c3)c2)cc1OCC. The summed E-state index contributed by atoms with van der Waals surface area (Å²) < 4.78 is 26.1. The molecule has 3 rings (SSSR count). The van der Waals surface area contributed by atoms with Crippen molar-refractivity contribution in [2.24, 2.45) is 0 Å². The molecule has 1 heterocycles. The van der Waals surface area contributed by atoms with Crippen LogP contribution in [0.3, 0.4) is 0 Å². The summed E-state index contributed by atoms with van der Waals surface area (Å²) in [6, 6.07) is 11.8. The van der Waals surface area contributed by atoms with Crippen molar-refractivity contribution in [2.75, 3.05) is 18.5 Å². The minimum Gasteiger partial charge on any atom is -0.490 e. The van der Waals surface area contributed by atoms with E-state index in [1.165, 1.54) is 12.1 Å². The van der Waals surface area contributed by atoms with Gasteiger partial charge in [0.15, 0.2) is 11.5 Å². The molecule has 1 aromatic heterocycles. The largest absolute Gasteiger partial charge is 0.490 e. The topological polar surface area (TPSA) is 65.4 Å². The number of ether oxygens (including phenoxy) is 2. The molecule has 0 saturated heterocycles. The lowest BCUT2D eigenvalue weighted by atomic mass is 10.1. The van der Waals surface area contributed by atoms with Crippen LogP contribution in [-0.2, 0) is 17.8 Å². The smallest absolute Gasteiger partial charge is 0.228 e. The van der Waals surface area contributed by atoms with Crippen LogP contribution in [-0.4, -0.2) is 28.9 Å². The van der Waals surface area contributed by atoms with Crippen LogP contribution in [0.4, 0.5) is 10.1 Å². The van der Waals surface area contributed by atoms with Crippen molar-refractivity contribution in [3.05, 3.63) is 71.8 Å². The number of aromatic nitrogens is 2. The zero-order valence-electron chi connectivity index (χ0n) is 16.5. The Morgan fingerprint density at radius 1 is 1.07 bits per heavy atom. The Balaban J connectivity index is 1.61. The lowest BCUT2D eigenvalue weighted by molar-refractivity contribution is -0.115. The minimum absolute atomic E-state index is 0.165. The van der Waals surface area contributed by atoms with Crippen LogP contribution in [0.25, 0.3) is 0 Å². The molecule has 1 amide bonds. The Morgan fingerprint density at radius 3 is 2.62 bits per heavy atom. The van der Waals surface area contributed by atoms with Crippen molar-refractivity contribution >= 4 is 11.6 Å². The summed E-state index contributed by atoms with van der Waals surface area (Å²) in [6.07, 6.45) is 3.48. The highest BCUT2D eigenvalue weighted by atomic mass is 19.1. The van der Waals surface area contributed by atoms with E-state index in [0.717, 1.165) is 11.1 Å². The van der Waals surface area contributed by atoms with E-state index in [9.17, 15) is 9.18 Å². The van der Waals surface area contributed by atoms with Crippen molar-refractivity contribution in [3.63, 3.8) is 0 Å². The van der Waals surface area contributed by atoms with Crippen molar-refractivity contribution in [1.82, 2.24) is 9.78 Å². The van der Waals surface area contributed by atoms with Crippen LogP contribution in [0.2, 0.25) is 0 Å². The Hall–Kier alpha value is -3.35. The summed E-state index contributed by atoms with van der Waals surface area (Å²) in [5.74, 6) is 0.839. The molecule has 0 aliphatic heterocycles. The first-order chi connectivity index (χ1) is 14.1. The molecular weight excluding hydrogens is 373 g/mol. The van der Waals surface area contributed by atoms with Crippen molar-refractivity contribution in [3.8, 4) is 11.5 Å². The van der Waals surface area contributed by atoms with Gasteiger partial charge in [0.1, 0.15) is 5.82 Å². The van der Waals surface area contributed by atoms with E-state index in [1.807, 2.05) is 38.1 Å². The second-order valence-corrected chi connectivity index (χ2v) is 6.43. The fourth-order valence-electron chi connectivity index (χ4n) is 2.93. The van der Waals surface area contributed by atoms with Gasteiger partial charge >= 0.3 is 0 Å². The highest BCUT2D eigenvalue weighted by Gasteiger charge is 2.10. The molecule has 0 bridgehead atoms. The quantitative estimate of drug-likeness (QED) is 0.592. The molecule has 0 saturated carbocycles. The summed E-state index contributed by atoms with van der Waals surface area (Å²) in [5, 5.41) is 7.05. The summed E-state index contributed by atoms with van der Waals surface area (Å²) in [6.45, 7) is 5.28. The number of hydrogen-bond acceptors (Lipinski definition) is 4. The lowest BCUT2D eigenvalue weighted by Crippen LogP contribution is -2.14. The van der Waals surface area contributed by atoms with Gasteiger partial charge in [-0.15, -0.1) is 0 Å². The fraction of sp³-hybridized carbons (Fsp3) is 0.273. The maximum atomic E-state index is 13.3. The summed E-state index contributed by atoms with van der Waals surface area (Å²) in [7, 11) is 0. The van der Waals surface area contributed by atoms with Gasteiger partial charge < -0.3 is 14.8 Å². The van der Waals surface area contributed by atoms with E-state index in [1.54, 1.807) is 23.1 Å². The number of rotatable bonds is 9. The lowest BCUT2D eigenvalue weighted by Gasteiger charge is -2.12. The average molecular weight is 397 g/mol. The van der Waals surface area contributed by atoms with Gasteiger partial charge in [-0.25, -0.2) is 4.39 Å². The predicted molar refractivity (Wildman–Crippen MR) is 109 cm³/mol. The third-order valence-electron chi connectivity index (χ3n) is 4.12. The Morgan fingerprint density at radius 2 is 1.86 bits per heavy atom. The number of benzene rings is 2. The number of anilines is 1. The normalized spacial score (nSPS) is 10.6. The van der Waals surface area contributed by atoms with Gasteiger partial charge in [-0.2, -0.15) is 5.10 Å². The fourth-order valence-corrected chi connectivity index (χ4v) is 2.93. The van der Waals surface area contributed by atoms with Crippen LogP contribution in [0.15, 0.2) is 54.9 Å². The van der Waals surface area contributed by atoms with Gasteiger partial charge in [0, 0.05) is 6.20 Å². The maximum absolute atomic E-state index is 13.3. The number of halogens is 1. The maximum Gasteiger partial charge on any atom is 0.228 e. The van der Waals surface area contributed by atoms with Crippen molar-refractivity contribution in [1.29, 1.82) is 0 Å². The summed E-state index contributed by atoms with van der Waals surface area (Å²) >= 11 is 0. The highest BCUT2D eigenvalue weighted by molar-refractivity contribution is 5.92. The molecule has 29 heavy (non-hydrogen) atoms. The zero-order chi connectivity index (χ0) is 20.6. The van der Waals surface area contributed by atoms with Crippen LogP contribution in [0.1, 0.15) is 25.0 Å². The molecule has 2 aromatic carbocycles. The zero-order valence-corrected chi connectivity index (χ0v) is 16.5. The average Bonchev–Trinajstić information content (AvgIpc) is 3.10. The molecule has 0 aliphatic carbocycles. The number of nitrogens with zero attached hydrogens (tertiary/aromatic N) is 2. The number of carbonyl (C=O) groups excluding carboxylic acids is 1. The van der Waals surface area contributed by atoms with Gasteiger partial charge in [0.05, 0.1) is 38.1 Å². The van der Waals surface area contributed by atoms with Crippen LogP contribution in [0.5, 0.6) is 11.5 Å². The monoisotopic (exact) mass is 397 g/mol. The molecule has 1 N–H and O–H groups in total. The standard InChI is InChI=1S/C22H24FN3O3/c1-3-28-20-9-8-16(11-21(20)29-4-2)12-22(27)25-19-13-24-26(15-19)14-17-6-5-7-18(23)10-17/h5-11,13,15H,3-4,12,14H2,1-2H3,(H,25,27). The molecule has 0 fully saturated rings. The molecule has 0 unspecified atom stereocenters. The first-order valence-corrected chi connectivity index (χ1v) is 9.52. The predicted octanol–water partition coefficient (Wildman–Crippen LogP) is 4.05. The Labute approximate surface area is 169 Å². The Kier molecular flexibility index (Phi) is 6.84. The molecule has 152 valence electrons. The molecule has 0 radical (unpaired) electrons. The van der Waals surface area contributed by atoms with Gasteiger partial charge in [0.25, 0.3) is 0 Å². The molecule has 0 atom stereocenters. The molecule has 3 aromatic rings. The van der Waals surface area contributed by atoms with Crippen LogP contribution in [0, 0.1) is 5.82 Å². The molecule has 7 heteroatoms.